The van der Waals surface area contributed by atoms with Crippen molar-refractivity contribution in [3.63, 3.8) is 0 Å². The van der Waals surface area contributed by atoms with Crippen LogP contribution in [0.2, 0.25) is 0 Å². The van der Waals surface area contributed by atoms with Gasteiger partial charge in [0.1, 0.15) is 5.01 Å². The van der Waals surface area contributed by atoms with Crippen LogP contribution in [0.1, 0.15) is 25.5 Å². The highest BCUT2D eigenvalue weighted by Crippen LogP contribution is 2.28. The van der Waals surface area contributed by atoms with Crippen molar-refractivity contribution in [2.45, 2.75) is 32.4 Å². The fraction of sp³-hybridized carbons (Fsp3) is 0.412. The van der Waals surface area contributed by atoms with Crippen LogP contribution >= 0.6 is 27.3 Å². The third-order valence-electron chi connectivity index (χ3n) is 4.42. The highest BCUT2D eigenvalue weighted by molar-refractivity contribution is 9.10. The van der Waals surface area contributed by atoms with Gasteiger partial charge in [-0.2, -0.15) is 0 Å². The summed E-state index contributed by atoms with van der Waals surface area (Å²) in [6, 6.07) is 8.66. The molecule has 0 unspecified atom stereocenters. The van der Waals surface area contributed by atoms with Crippen molar-refractivity contribution in [3.05, 3.63) is 39.8 Å². The van der Waals surface area contributed by atoms with Crippen molar-refractivity contribution in [2.24, 2.45) is 11.7 Å². The molecule has 4 nitrogen and oxygen atoms in total. The molecule has 122 valence electrons. The standard InChI is InChI=1S/C17H20BrN3OS/c1-11-2-3-13(16(19)22)8-21(11)9-15-10-23-17(20-15)12-4-6-14(18)7-5-12/h4-7,10-11,13H,2-3,8-9H2,1H3,(H2,19,22)/t11-,13-/m0/s1. The lowest BCUT2D eigenvalue weighted by atomic mass is 9.93. The Morgan fingerprint density at radius 3 is 2.83 bits per heavy atom. The molecule has 0 bridgehead atoms. The van der Waals surface area contributed by atoms with Crippen LogP contribution in [0.25, 0.3) is 10.6 Å². The van der Waals surface area contributed by atoms with Crippen molar-refractivity contribution < 1.29 is 4.79 Å². The Morgan fingerprint density at radius 1 is 1.39 bits per heavy atom. The van der Waals surface area contributed by atoms with E-state index in [1.807, 2.05) is 12.1 Å². The van der Waals surface area contributed by atoms with E-state index in [4.69, 9.17) is 10.7 Å². The lowest BCUT2D eigenvalue weighted by Gasteiger charge is -2.36. The molecule has 0 radical (unpaired) electrons. The molecular weight excluding hydrogens is 374 g/mol. The van der Waals surface area contributed by atoms with E-state index in [9.17, 15) is 4.79 Å². The molecule has 1 saturated heterocycles. The molecule has 0 spiro atoms. The van der Waals surface area contributed by atoms with Gasteiger partial charge in [0.25, 0.3) is 0 Å². The minimum Gasteiger partial charge on any atom is -0.369 e. The summed E-state index contributed by atoms with van der Waals surface area (Å²) in [6.07, 6.45) is 1.91. The molecule has 2 aromatic rings. The zero-order valence-electron chi connectivity index (χ0n) is 13.0. The van der Waals surface area contributed by atoms with Crippen LogP contribution in [0, 0.1) is 5.92 Å². The summed E-state index contributed by atoms with van der Waals surface area (Å²) in [6.45, 7) is 3.72. The number of carbonyl (C=O) groups is 1. The van der Waals surface area contributed by atoms with Crippen LogP contribution in [-0.4, -0.2) is 28.4 Å². The maximum Gasteiger partial charge on any atom is 0.221 e. The minimum atomic E-state index is -0.185. The predicted octanol–water partition coefficient (Wildman–Crippen LogP) is 3.66. The number of amides is 1. The number of halogens is 1. The lowest BCUT2D eigenvalue weighted by Crippen LogP contribution is -2.45. The second-order valence-corrected chi connectivity index (χ2v) is 7.88. The number of benzene rings is 1. The number of rotatable bonds is 4. The number of nitrogens with two attached hydrogens (primary N) is 1. The summed E-state index contributed by atoms with van der Waals surface area (Å²) in [4.78, 5) is 18.5. The molecule has 1 aliphatic heterocycles. The first-order valence-corrected chi connectivity index (χ1v) is 9.44. The first kappa shape index (κ1) is 16.6. The van der Waals surface area contributed by atoms with E-state index in [2.05, 4.69) is 45.3 Å². The maximum absolute atomic E-state index is 11.5. The average molecular weight is 394 g/mol. The monoisotopic (exact) mass is 393 g/mol. The largest absolute Gasteiger partial charge is 0.369 e. The Balaban J connectivity index is 1.70. The van der Waals surface area contributed by atoms with Gasteiger partial charge >= 0.3 is 0 Å². The SMILES string of the molecule is C[C@H]1CC[C@H](C(N)=O)CN1Cc1csc(-c2ccc(Br)cc2)n1. The van der Waals surface area contributed by atoms with Crippen LogP contribution in [-0.2, 0) is 11.3 Å². The topological polar surface area (TPSA) is 59.2 Å². The summed E-state index contributed by atoms with van der Waals surface area (Å²) in [5.41, 5.74) is 7.67. The van der Waals surface area contributed by atoms with Gasteiger partial charge in [0.05, 0.1) is 11.6 Å². The number of carbonyl (C=O) groups excluding carboxylic acids is 1. The highest BCUT2D eigenvalue weighted by Gasteiger charge is 2.28. The van der Waals surface area contributed by atoms with E-state index in [1.165, 1.54) is 0 Å². The second-order valence-electron chi connectivity index (χ2n) is 6.11. The van der Waals surface area contributed by atoms with Gasteiger partial charge < -0.3 is 5.73 Å². The normalized spacial score (nSPS) is 22.2. The molecule has 2 N–H and O–H groups in total. The molecule has 1 amide bonds. The summed E-state index contributed by atoms with van der Waals surface area (Å²) in [5, 5.41) is 3.14. The Bertz CT molecular complexity index is 685. The number of piperidine rings is 1. The quantitative estimate of drug-likeness (QED) is 0.861. The fourth-order valence-electron chi connectivity index (χ4n) is 2.94. The summed E-state index contributed by atoms with van der Waals surface area (Å²) in [5.74, 6) is -0.216. The Morgan fingerprint density at radius 2 is 2.13 bits per heavy atom. The predicted molar refractivity (Wildman–Crippen MR) is 97.0 cm³/mol. The van der Waals surface area contributed by atoms with Gasteiger partial charge in [0.2, 0.25) is 5.91 Å². The second kappa shape index (κ2) is 7.11. The molecule has 6 heteroatoms. The fourth-order valence-corrected chi connectivity index (χ4v) is 4.03. The van der Waals surface area contributed by atoms with E-state index in [1.54, 1.807) is 11.3 Å². The smallest absolute Gasteiger partial charge is 0.221 e. The van der Waals surface area contributed by atoms with Crippen LogP contribution in [0.15, 0.2) is 34.1 Å². The number of nitrogens with zero attached hydrogens (tertiary/aromatic N) is 2. The maximum atomic E-state index is 11.5. The zero-order chi connectivity index (χ0) is 16.4. The number of aromatic nitrogens is 1. The van der Waals surface area contributed by atoms with Gasteiger partial charge in [-0.25, -0.2) is 4.98 Å². The van der Waals surface area contributed by atoms with Crippen molar-refractivity contribution >= 4 is 33.2 Å². The van der Waals surface area contributed by atoms with Crippen LogP contribution in [0.5, 0.6) is 0 Å². The molecule has 23 heavy (non-hydrogen) atoms. The molecule has 1 fully saturated rings. The molecular formula is C17H20BrN3OS. The molecule has 1 aromatic heterocycles. The number of primary amides is 1. The first-order chi connectivity index (χ1) is 11.0. The molecule has 1 aromatic carbocycles. The van der Waals surface area contributed by atoms with Crippen molar-refractivity contribution in [1.29, 1.82) is 0 Å². The van der Waals surface area contributed by atoms with Crippen molar-refractivity contribution in [2.75, 3.05) is 6.54 Å². The van der Waals surface area contributed by atoms with E-state index >= 15 is 0 Å². The number of likely N-dealkylation sites (tertiary alicyclic amines) is 1. The molecule has 0 aliphatic carbocycles. The summed E-state index contributed by atoms with van der Waals surface area (Å²) >= 11 is 5.11. The van der Waals surface area contributed by atoms with Crippen LogP contribution in [0.3, 0.4) is 0 Å². The lowest BCUT2D eigenvalue weighted by molar-refractivity contribution is -0.124. The molecule has 0 saturated carbocycles. The van der Waals surface area contributed by atoms with E-state index < -0.39 is 0 Å². The Kier molecular flexibility index (Phi) is 5.14. The molecule has 3 rings (SSSR count). The van der Waals surface area contributed by atoms with E-state index in [0.29, 0.717) is 6.04 Å². The third-order valence-corrected chi connectivity index (χ3v) is 5.89. The van der Waals surface area contributed by atoms with Crippen LogP contribution in [0.4, 0.5) is 0 Å². The van der Waals surface area contributed by atoms with E-state index in [-0.39, 0.29) is 11.8 Å². The molecule has 2 atom stereocenters. The van der Waals surface area contributed by atoms with Gasteiger partial charge in [-0.05, 0) is 31.9 Å². The number of hydrogen-bond acceptors (Lipinski definition) is 4. The van der Waals surface area contributed by atoms with Crippen LogP contribution < -0.4 is 5.73 Å². The van der Waals surface area contributed by atoms with Gasteiger partial charge in [0.15, 0.2) is 0 Å². The molecule has 1 aliphatic rings. The third kappa shape index (κ3) is 4.00. The van der Waals surface area contributed by atoms with Crippen molar-refractivity contribution in [3.8, 4) is 10.6 Å². The van der Waals surface area contributed by atoms with Gasteiger partial charge in [-0.3, -0.25) is 9.69 Å². The Labute approximate surface area is 148 Å². The summed E-state index contributed by atoms with van der Waals surface area (Å²) < 4.78 is 1.07. The van der Waals surface area contributed by atoms with Gasteiger partial charge in [0, 0.05) is 34.5 Å². The zero-order valence-corrected chi connectivity index (χ0v) is 15.4. The number of thiazole rings is 1. The highest BCUT2D eigenvalue weighted by atomic mass is 79.9. The summed E-state index contributed by atoms with van der Waals surface area (Å²) in [7, 11) is 0. The average Bonchev–Trinajstić information content (AvgIpc) is 2.98. The Hall–Kier alpha value is -1.24. The van der Waals surface area contributed by atoms with Gasteiger partial charge in [-0.15, -0.1) is 11.3 Å². The van der Waals surface area contributed by atoms with Gasteiger partial charge in [-0.1, -0.05) is 28.1 Å². The minimum absolute atomic E-state index is 0.0317. The first-order valence-electron chi connectivity index (χ1n) is 7.76. The van der Waals surface area contributed by atoms with E-state index in [0.717, 1.165) is 46.7 Å². The van der Waals surface area contributed by atoms with Crippen molar-refractivity contribution in [1.82, 2.24) is 9.88 Å². The number of hydrogen-bond donors (Lipinski definition) is 1. The molecule has 2 heterocycles.